The Morgan fingerprint density at radius 2 is 1.15 bits per heavy atom. The van der Waals surface area contributed by atoms with Crippen LogP contribution in [0.4, 0.5) is 0 Å². The summed E-state index contributed by atoms with van der Waals surface area (Å²) < 4.78 is 0. The van der Waals surface area contributed by atoms with Gasteiger partial charge in [0.15, 0.2) is 0 Å². The molecule has 2 atom stereocenters. The van der Waals surface area contributed by atoms with E-state index in [0.717, 1.165) is 0 Å². The summed E-state index contributed by atoms with van der Waals surface area (Å²) in [5, 5.41) is 0. The molecule has 0 heterocycles. The molecule has 0 nitrogen and oxygen atoms in total. The van der Waals surface area contributed by atoms with Gasteiger partial charge in [-0.1, -0.05) is 48.6 Å². The highest BCUT2D eigenvalue weighted by Crippen LogP contribution is 2.64. The quantitative estimate of drug-likeness (QED) is 0.624. The number of allylic oxidation sites excluding steroid dienone is 2. The van der Waals surface area contributed by atoms with Gasteiger partial charge in [0.2, 0.25) is 0 Å². The minimum Gasteiger partial charge on any atom is -0.0723 e. The molecule has 0 heteroatoms. The topological polar surface area (TPSA) is 0 Å². The second-order valence-corrected chi connectivity index (χ2v) is 6.96. The third-order valence-electron chi connectivity index (χ3n) is 6.39. The third-order valence-corrected chi connectivity index (χ3v) is 6.39. The van der Waals surface area contributed by atoms with E-state index < -0.39 is 0 Å². The van der Waals surface area contributed by atoms with Gasteiger partial charge >= 0.3 is 0 Å². The minimum absolute atomic E-state index is 0.212. The average Bonchev–Trinajstić information content (AvgIpc) is 3.06. The van der Waals surface area contributed by atoms with E-state index in [0.29, 0.717) is 0 Å². The first-order chi connectivity index (χ1) is 9.85. The van der Waals surface area contributed by atoms with Gasteiger partial charge in [-0.15, -0.1) is 0 Å². The predicted octanol–water partition coefficient (Wildman–Crippen LogP) is 4.03. The summed E-state index contributed by atoms with van der Waals surface area (Å²) in [7, 11) is 0. The fourth-order valence-electron chi connectivity index (χ4n) is 5.64. The zero-order valence-electron chi connectivity index (χ0n) is 11.4. The Morgan fingerprint density at radius 3 is 1.65 bits per heavy atom. The lowest BCUT2D eigenvalue weighted by atomic mass is 9.54. The number of hydrogen-bond donors (Lipinski definition) is 0. The molecule has 2 aromatic rings. The highest BCUT2D eigenvalue weighted by molar-refractivity contribution is 5.74. The van der Waals surface area contributed by atoms with Crippen LogP contribution in [0, 0.1) is 0 Å². The van der Waals surface area contributed by atoms with Crippen molar-refractivity contribution in [1.82, 2.24) is 0 Å². The summed E-state index contributed by atoms with van der Waals surface area (Å²) in [6.45, 7) is 0. The summed E-state index contributed by atoms with van der Waals surface area (Å²) in [6.07, 6.45) is 10.1. The summed E-state index contributed by atoms with van der Waals surface area (Å²) in [5.41, 5.74) is 10.3. The molecule has 5 aliphatic carbocycles. The molecule has 0 N–H and O–H groups in total. The molecule has 0 amide bonds. The summed E-state index contributed by atoms with van der Waals surface area (Å²) in [5.74, 6) is 0. The highest BCUT2D eigenvalue weighted by atomic mass is 14.6. The predicted molar refractivity (Wildman–Crippen MR) is 80.2 cm³/mol. The van der Waals surface area contributed by atoms with Gasteiger partial charge in [-0.2, -0.15) is 0 Å². The van der Waals surface area contributed by atoms with Crippen LogP contribution in [0.2, 0.25) is 0 Å². The first kappa shape index (κ1) is 9.99. The molecule has 2 spiro atoms. The first-order valence-electron chi connectivity index (χ1n) is 7.81. The lowest BCUT2D eigenvalue weighted by Crippen LogP contribution is -2.42. The summed E-state index contributed by atoms with van der Waals surface area (Å²) >= 11 is 0. The van der Waals surface area contributed by atoms with E-state index in [2.05, 4.69) is 48.6 Å². The van der Waals surface area contributed by atoms with Gasteiger partial charge in [-0.05, 0) is 59.1 Å². The molecule has 2 unspecified atom stereocenters. The zero-order valence-corrected chi connectivity index (χ0v) is 11.4. The van der Waals surface area contributed by atoms with E-state index in [1.165, 1.54) is 25.7 Å². The zero-order chi connectivity index (χ0) is 12.9. The number of hydrogen-bond acceptors (Lipinski definition) is 0. The van der Waals surface area contributed by atoms with Gasteiger partial charge in [0.05, 0.1) is 0 Å². The van der Waals surface area contributed by atoms with Crippen molar-refractivity contribution in [3.8, 4) is 0 Å². The SMILES string of the molecule is C1=CC23CCc4ccc5c(c42)C1(CC5)c1ccccc13. The second-order valence-electron chi connectivity index (χ2n) is 6.96. The highest BCUT2D eigenvalue weighted by Gasteiger charge is 2.57. The van der Waals surface area contributed by atoms with Crippen LogP contribution in [0.15, 0.2) is 48.6 Å². The van der Waals surface area contributed by atoms with Gasteiger partial charge in [0, 0.05) is 10.8 Å². The molecule has 2 aromatic carbocycles. The summed E-state index contributed by atoms with van der Waals surface area (Å²) in [6, 6.07) is 14.1. The van der Waals surface area contributed by atoms with Gasteiger partial charge < -0.3 is 0 Å². The van der Waals surface area contributed by atoms with Crippen LogP contribution < -0.4 is 0 Å². The Hall–Kier alpha value is -1.82. The maximum absolute atomic E-state index is 2.56. The fraction of sp³-hybridized carbons (Fsp3) is 0.300. The fourth-order valence-corrected chi connectivity index (χ4v) is 5.64. The van der Waals surface area contributed by atoms with Crippen LogP contribution in [-0.2, 0) is 23.7 Å². The van der Waals surface area contributed by atoms with Crippen molar-refractivity contribution in [2.24, 2.45) is 0 Å². The monoisotopic (exact) mass is 256 g/mol. The van der Waals surface area contributed by atoms with E-state index in [4.69, 9.17) is 0 Å². The molecule has 0 saturated carbocycles. The largest absolute Gasteiger partial charge is 0.0723 e. The van der Waals surface area contributed by atoms with Gasteiger partial charge in [-0.25, -0.2) is 0 Å². The van der Waals surface area contributed by atoms with E-state index in [1.807, 2.05) is 0 Å². The van der Waals surface area contributed by atoms with Crippen LogP contribution in [-0.4, -0.2) is 0 Å². The molecule has 5 aliphatic rings. The Morgan fingerprint density at radius 1 is 0.650 bits per heavy atom. The Bertz CT molecular complexity index is 758. The Labute approximate surface area is 119 Å². The maximum Gasteiger partial charge on any atom is 0.0394 e. The molecule has 0 radical (unpaired) electrons. The van der Waals surface area contributed by atoms with E-state index in [-0.39, 0.29) is 10.8 Å². The Kier molecular flexibility index (Phi) is 1.39. The molecular weight excluding hydrogens is 240 g/mol. The van der Waals surface area contributed by atoms with Crippen LogP contribution in [0.5, 0.6) is 0 Å². The smallest absolute Gasteiger partial charge is 0.0394 e. The average molecular weight is 256 g/mol. The van der Waals surface area contributed by atoms with Crippen molar-refractivity contribution >= 4 is 0 Å². The van der Waals surface area contributed by atoms with Crippen molar-refractivity contribution in [2.75, 3.05) is 0 Å². The van der Waals surface area contributed by atoms with Crippen LogP contribution in [0.3, 0.4) is 0 Å². The Balaban J connectivity index is 1.90. The molecule has 0 aromatic heterocycles. The molecule has 2 bridgehead atoms. The molecule has 0 saturated heterocycles. The third kappa shape index (κ3) is 0.779. The maximum atomic E-state index is 2.56. The molecule has 0 fully saturated rings. The lowest BCUT2D eigenvalue weighted by Gasteiger charge is -2.48. The van der Waals surface area contributed by atoms with Crippen molar-refractivity contribution in [2.45, 2.75) is 36.5 Å². The summed E-state index contributed by atoms with van der Waals surface area (Å²) in [4.78, 5) is 0. The molecule has 20 heavy (non-hydrogen) atoms. The molecule has 7 rings (SSSR count). The molecule has 96 valence electrons. The number of aryl methyl sites for hydroxylation is 2. The van der Waals surface area contributed by atoms with Crippen molar-refractivity contribution in [1.29, 1.82) is 0 Å². The number of benzene rings is 2. The first-order valence-corrected chi connectivity index (χ1v) is 7.81. The van der Waals surface area contributed by atoms with Crippen LogP contribution in [0.1, 0.15) is 46.2 Å². The van der Waals surface area contributed by atoms with E-state index >= 15 is 0 Å². The van der Waals surface area contributed by atoms with Crippen molar-refractivity contribution < 1.29 is 0 Å². The minimum atomic E-state index is 0.212. The van der Waals surface area contributed by atoms with E-state index in [1.54, 1.807) is 33.4 Å². The second kappa shape index (κ2) is 2.79. The van der Waals surface area contributed by atoms with Crippen LogP contribution in [0.25, 0.3) is 0 Å². The van der Waals surface area contributed by atoms with Crippen LogP contribution >= 0.6 is 0 Å². The standard InChI is InChI=1S/C20H16/c1-2-4-16-15(3-1)19-9-7-13-5-6-14-8-10-20(16,12-11-19)18(14)17(13)19/h1-6,11-12H,7-10H2. The molecule has 0 aliphatic heterocycles. The van der Waals surface area contributed by atoms with E-state index in [9.17, 15) is 0 Å². The molecular formula is C20H16. The van der Waals surface area contributed by atoms with Gasteiger partial charge in [0.25, 0.3) is 0 Å². The normalized spacial score (nSPS) is 33.4. The van der Waals surface area contributed by atoms with Gasteiger partial charge in [0.1, 0.15) is 0 Å². The van der Waals surface area contributed by atoms with Crippen molar-refractivity contribution in [3.05, 3.63) is 81.9 Å². The van der Waals surface area contributed by atoms with Crippen molar-refractivity contribution in [3.63, 3.8) is 0 Å². The lowest BCUT2D eigenvalue weighted by molar-refractivity contribution is 0.501. The van der Waals surface area contributed by atoms with Gasteiger partial charge in [-0.3, -0.25) is 0 Å². The number of rotatable bonds is 0.